The van der Waals surface area contributed by atoms with Crippen LogP contribution in [-0.2, 0) is 0 Å². The van der Waals surface area contributed by atoms with Gasteiger partial charge in [0.2, 0.25) is 0 Å². The summed E-state index contributed by atoms with van der Waals surface area (Å²) in [5, 5.41) is 1.52. The minimum atomic E-state index is -0.518. The highest BCUT2D eigenvalue weighted by Gasteiger charge is 2.31. The number of allylic oxidation sites excluding steroid dienone is 3. The number of hydrogen-bond acceptors (Lipinski definition) is 1. The van der Waals surface area contributed by atoms with Crippen LogP contribution in [0.3, 0.4) is 0 Å². The van der Waals surface area contributed by atoms with E-state index in [-0.39, 0.29) is 5.54 Å². The molecule has 0 spiro atoms. The molecule has 1 atom stereocenters. The van der Waals surface area contributed by atoms with Crippen molar-refractivity contribution in [3.05, 3.63) is 22.3 Å². The summed E-state index contributed by atoms with van der Waals surface area (Å²) >= 11 is 0. The van der Waals surface area contributed by atoms with E-state index in [1.807, 2.05) is 0 Å². The molecule has 2 heteroatoms. The smallest absolute Gasteiger partial charge is 0.0311 e. The summed E-state index contributed by atoms with van der Waals surface area (Å²) in [7, 11) is -0.518. The van der Waals surface area contributed by atoms with Crippen LogP contribution in [0.25, 0.3) is 0 Å². The van der Waals surface area contributed by atoms with Crippen LogP contribution in [0.2, 0.25) is 13.1 Å². The fourth-order valence-electron chi connectivity index (χ4n) is 3.03. The molecule has 1 nitrogen and oxygen atoms in total. The molecular weight excluding hydrogens is 222 g/mol. The molecule has 0 aromatic heterocycles. The maximum Gasteiger partial charge on any atom is 0.0311 e. The molecule has 17 heavy (non-hydrogen) atoms. The fourth-order valence-corrected chi connectivity index (χ4v) is 5.26. The first-order valence-electron chi connectivity index (χ1n) is 6.44. The lowest BCUT2D eigenvalue weighted by atomic mass is 9.87. The second-order valence-electron chi connectivity index (χ2n) is 6.17. The average molecular weight is 249 g/mol. The van der Waals surface area contributed by atoms with Crippen LogP contribution in [0.1, 0.15) is 41.5 Å². The van der Waals surface area contributed by atoms with Gasteiger partial charge < -0.3 is 5.73 Å². The van der Waals surface area contributed by atoms with E-state index >= 15 is 0 Å². The number of rotatable bonds is 2. The van der Waals surface area contributed by atoms with Gasteiger partial charge in [-0.25, -0.2) is 0 Å². The molecule has 0 radical (unpaired) electrons. The first-order valence-corrected chi connectivity index (χ1v) is 8.94. The van der Waals surface area contributed by atoms with E-state index in [1.54, 1.807) is 0 Å². The van der Waals surface area contributed by atoms with Crippen LogP contribution in [-0.4, -0.2) is 19.1 Å². The van der Waals surface area contributed by atoms with Crippen LogP contribution >= 0.6 is 0 Å². The van der Waals surface area contributed by atoms with Gasteiger partial charge in [-0.1, -0.05) is 25.6 Å². The lowest BCUT2D eigenvalue weighted by molar-refractivity contribution is 0.695. The molecule has 1 aliphatic rings. The molecule has 1 rings (SSSR count). The van der Waals surface area contributed by atoms with E-state index in [0.29, 0.717) is 5.92 Å². The molecule has 96 valence electrons. The first-order chi connectivity index (χ1) is 7.59. The Morgan fingerprint density at radius 3 is 1.82 bits per heavy atom. The summed E-state index contributed by atoms with van der Waals surface area (Å²) < 4.78 is 0. The SMILES string of the molecule is CC1=C(C)C(C)C(C(=[Si](C)C)C(C)(C)N)=C1C. The van der Waals surface area contributed by atoms with E-state index in [9.17, 15) is 0 Å². The van der Waals surface area contributed by atoms with Crippen LogP contribution in [0.4, 0.5) is 0 Å². The highest BCUT2D eigenvalue weighted by molar-refractivity contribution is 6.73. The summed E-state index contributed by atoms with van der Waals surface area (Å²) in [4.78, 5) is 0. The first kappa shape index (κ1) is 14.6. The minimum Gasteiger partial charge on any atom is -0.322 e. The third-order valence-electron chi connectivity index (χ3n) is 4.05. The molecule has 0 saturated heterocycles. The van der Waals surface area contributed by atoms with Crippen molar-refractivity contribution in [3.63, 3.8) is 0 Å². The molecule has 0 aliphatic heterocycles. The monoisotopic (exact) mass is 249 g/mol. The van der Waals surface area contributed by atoms with Crippen molar-refractivity contribution in [2.45, 2.75) is 60.2 Å². The number of hydrogen-bond donors (Lipinski definition) is 1. The predicted octanol–water partition coefficient (Wildman–Crippen LogP) is 3.53. The van der Waals surface area contributed by atoms with Crippen molar-refractivity contribution >= 4 is 13.6 Å². The average Bonchev–Trinajstić information content (AvgIpc) is 2.33. The van der Waals surface area contributed by atoms with Crippen molar-refractivity contribution in [3.8, 4) is 0 Å². The second kappa shape index (κ2) is 4.66. The maximum atomic E-state index is 6.41. The molecule has 1 unspecified atom stereocenters. The maximum absolute atomic E-state index is 6.41. The Labute approximate surface area is 108 Å². The normalized spacial score (nSPS) is 21.4. The molecular formula is C15H27NSi. The molecule has 0 heterocycles. The third kappa shape index (κ3) is 2.53. The van der Waals surface area contributed by atoms with Gasteiger partial charge in [0.25, 0.3) is 0 Å². The third-order valence-corrected chi connectivity index (χ3v) is 5.97. The van der Waals surface area contributed by atoms with Crippen LogP contribution < -0.4 is 5.73 Å². The summed E-state index contributed by atoms with van der Waals surface area (Å²) in [6, 6.07) is 0. The van der Waals surface area contributed by atoms with Gasteiger partial charge in [-0.3, -0.25) is 0 Å². The van der Waals surface area contributed by atoms with Crippen molar-refractivity contribution in [2.75, 3.05) is 0 Å². The minimum absolute atomic E-state index is 0.187. The molecule has 0 fully saturated rings. The highest BCUT2D eigenvalue weighted by atomic mass is 28.2. The molecule has 0 aromatic carbocycles. The van der Waals surface area contributed by atoms with Gasteiger partial charge in [-0.2, -0.15) is 0 Å². The largest absolute Gasteiger partial charge is 0.322 e. The molecule has 0 aromatic rings. The molecule has 1 aliphatic carbocycles. The van der Waals surface area contributed by atoms with Gasteiger partial charge in [-0.15, -0.1) is 0 Å². The van der Waals surface area contributed by atoms with E-state index in [0.717, 1.165) is 0 Å². The Bertz CT molecular complexity index is 426. The van der Waals surface area contributed by atoms with Gasteiger partial charge >= 0.3 is 0 Å². The zero-order valence-corrected chi connectivity index (χ0v) is 13.7. The molecule has 0 saturated carbocycles. The van der Waals surface area contributed by atoms with Crippen LogP contribution in [0.15, 0.2) is 22.3 Å². The molecule has 2 N–H and O–H groups in total. The van der Waals surface area contributed by atoms with Gasteiger partial charge in [-0.05, 0) is 56.5 Å². The standard InChI is InChI=1S/C15H27NSi/c1-9-10(2)12(4)13(11(9)3)14(17(7)8)15(5,6)16/h11H,16H2,1-8H3. The van der Waals surface area contributed by atoms with Crippen molar-refractivity contribution in [1.29, 1.82) is 0 Å². The van der Waals surface area contributed by atoms with Crippen molar-refractivity contribution in [2.24, 2.45) is 11.7 Å². The Morgan fingerprint density at radius 1 is 1.12 bits per heavy atom. The quantitative estimate of drug-likeness (QED) is 0.744. The van der Waals surface area contributed by atoms with Crippen LogP contribution in [0.5, 0.6) is 0 Å². The van der Waals surface area contributed by atoms with E-state index in [1.165, 1.54) is 27.5 Å². The predicted molar refractivity (Wildman–Crippen MR) is 81.0 cm³/mol. The summed E-state index contributed by atoms with van der Waals surface area (Å²) in [5.74, 6) is 0.549. The van der Waals surface area contributed by atoms with E-state index in [4.69, 9.17) is 5.73 Å². The Hall–Kier alpha value is -0.473. The van der Waals surface area contributed by atoms with Crippen molar-refractivity contribution < 1.29 is 0 Å². The lowest BCUT2D eigenvalue weighted by Gasteiger charge is -2.30. The van der Waals surface area contributed by atoms with Crippen LogP contribution in [0, 0.1) is 5.92 Å². The zero-order valence-electron chi connectivity index (χ0n) is 12.7. The summed E-state index contributed by atoms with van der Waals surface area (Å²) in [6.45, 7) is 18.1. The summed E-state index contributed by atoms with van der Waals surface area (Å²) in [6.07, 6.45) is 0. The van der Waals surface area contributed by atoms with Gasteiger partial charge in [0.15, 0.2) is 0 Å². The summed E-state index contributed by atoms with van der Waals surface area (Å²) in [5.41, 5.74) is 12.2. The van der Waals surface area contributed by atoms with Gasteiger partial charge in [0.05, 0.1) is 0 Å². The van der Waals surface area contributed by atoms with Gasteiger partial charge in [0, 0.05) is 19.9 Å². The topological polar surface area (TPSA) is 26.0 Å². The molecule has 0 amide bonds. The van der Waals surface area contributed by atoms with E-state index < -0.39 is 8.41 Å². The van der Waals surface area contributed by atoms with Gasteiger partial charge in [0.1, 0.15) is 0 Å². The second-order valence-corrected chi connectivity index (χ2v) is 8.67. The van der Waals surface area contributed by atoms with E-state index in [2.05, 4.69) is 54.6 Å². The highest BCUT2D eigenvalue weighted by Crippen LogP contribution is 2.38. The van der Waals surface area contributed by atoms with Crippen molar-refractivity contribution in [1.82, 2.24) is 0 Å². The number of nitrogens with two attached hydrogens (primary N) is 1. The Kier molecular flexibility index (Phi) is 4.00. The lowest BCUT2D eigenvalue weighted by Crippen LogP contribution is -2.46. The zero-order chi connectivity index (χ0) is 13.5. The molecule has 0 bridgehead atoms. The fraction of sp³-hybridized carbons (Fsp3) is 0.667. The Morgan fingerprint density at radius 2 is 1.59 bits per heavy atom. The Balaban J connectivity index is 3.42.